The summed E-state index contributed by atoms with van der Waals surface area (Å²) >= 11 is 0. The standard InChI is InChI=1S/C20H35NO16/c1-5(25)21-9-11(27)16(7(3-23)33-18(9)32)36-20-15(31)13(29)17(8(4-24)35-20)37-19-14(30)12(28)10(26)6(2-22)34-19/h6-20,22-24,26-32H,2-4H2,1H3,(H,21,25)/t6-,7-,8-,9-,10+,11-,12+,13-,14-,15-,16-,17+,18+,19-,20+/m1/s1. The molecule has 11 N–H and O–H groups in total. The molecule has 0 aromatic rings. The van der Waals surface area contributed by atoms with Crippen LogP contribution in [0.25, 0.3) is 0 Å². The number of aliphatic hydroxyl groups is 10. The molecule has 0 bridgehead atoms. The van der Waals surface area contributed by atoms with Crippen LogP contribution in [0.5, 0.6) is 0 Å². The lowest BCUT2D eigenvalue weighted by Gasteiger charge is -2.48. The third kappa shape index (κ3) is 6.38. The first-order valence-electron chi connectivity index (χ1n) is 11.6. The van der Waals surface area contributed by atoms with Gasteiger partial charge >= 0.3 is 0 Å². The Balaban J connectivity index is 1.74. The van der Waals surface area contributed by atoms with Crippen molar-refractivity contribution in [2.45, 2.75) is 99.0 Å². The van der Waals surface area contributed by atoms with Gasteiger partial charge < -0.3 is 80.1 Å². The molecule has 3 aliphatic heterocycles. The molecule has 0 aliphatic carbocycles. The van der Waals surface area contributed by atoms with Crippen molar-refractivity contribution in [1.82, 2.24) is 5.32 Å². The smallest absolute Gasteiger partial charge is 0.217 e. The zero-order valence-corrected chi connectivity index (χ0v) is 19.7. The average Bonchev–Trinajstić information content (AvgIpc) is 2.87. The predicted molar refractivity (Wildman–Crippen MR) is 113 cm³/mol. The highest BCUT2D eigenvalue weighted by Crippen LogP contribution is 2.32. The Kier molecular flexibility index (Phi) is 10.5. The molecule has 0 aromatic heterocycles. The first-order valence-corrected chi connectivity index (χ1v) is 11.6. The molecular formula is C20H35NO16. The molecule has 37 heavy (non-hydrogen) atoms. The minimum absolute atomic E-state index is 0.620. The largest absolute Gasteiger partial charge is 0.394 e. The van der Waals surface area contributed by atoms with Gasteiger partial charge in [0.25, 0.3) is 0 Å². The van der Waals surface area contributed by atoms with Crippen LogP contribution in [0.15, 0.2) is 0 Å². The van der Waals surface area contributed by atoms with Crippen molar-refractivity contribution in [2.75, 3.05) is 19.8 Å². The van der Waals surface area contributed by atoms with Gasteiger partial charge in [0.15, 0.2) is 18.9 Å². The van der Waals surface area contributed by atoms with Gasteiger partial charge in [-0.2, -0.15) is 0 Å². The van der Waals surface area contributed by atoms with Crippen LogP contribution in [-0.2, 0) is 28.5 Å². The molecule has 3 rings (SSSR count). The highest BCUT2D eigenvalue weighted by molar-refractivity contribution is 5.73. The second-order valence-electron chi connectivity index (χ2n) is 9.07. The van der Waals surface area contributed by atoms with Crippen molar-refractivity contribution in [2.24, 2.45) is 0 Å². The monoisotopic (exact) mass is 545 g/mol. The molecule has 3 saturated heterocycles. The molecule has 0 aromatic carbocycles. The summed E-state index contributed by atoms with van der Waals surface area (Å²) in [5.41, 5.74) is 0. The highest BCUT2D eigenvalue weighted by Gasteiger charge is 2.53. The number of hydrogen-bond donors (Lipinski definition) is 11. The molecule has 0 spiro atoms. The van der Waals surface area contributed by atoms with E-state index >= 15 is 0 Å². The van der Waals surface area contributed by atoms with Gasteiger partial charge in [-0.1, -0.05) is 0 Å². The lowest BCUT2D eigenvalue weighted by molar-refractivity contribution is -0.373. The molecule has 17 nitrogen and oxygen atoms in total. The molecular weight excluding hydrogens is 510 g/mol. The van der Waals surface area contributed by atoms with Crippen molar-refractivity contribution in [1.29, 1.82) is 0 Å². The Hall–Kier alpha value is -1.13. The van der Waals surface area contributed by atoms with Crippen LogP contribution < -0.4 is 5.32 Å². The number of hydrogen-bond acceptors (Lipinski definition) is 16. The normalized spacial score (nSPS) is 49.0. The van der Waals surface area contributed by atoms with E-state index in [1.165, 1.54) is 0 Å². The number of aliphatic hydroxyl groups excluding tert-OH is 10. The highest BCUT2D eigenvalue weighted by atomic mass is 16.7. The number of amides is 1. The van der Waals surface area contributed by atoms with E-state index in [-0.39, 0.29) is 0 Å². The topological polar surface area (TPSA) is 278 Å². The van der Waals surface area contributed by atoms with E-state index in [1.807, 2.05) is 0 Å². The van der Waals surface area contributed by atoms with Gasteiger partial charge in [-0.25, -0.2) is 0 Å². The van der Waals surface area contributed by atoms with Gasteiger partial charge in [0.2, 0.25) is 5.91 Å². The first kappa shape index (κ1) is 30.4. The van der Waals surface area contributed by atoms with Crippen molar-refractivity contribution < 1.29 is 79.5 Å². The van der Waals surface area contributed by atoms with Crippen LogP contribution in [-0.4, -0.2) is 169 Å². The van der Waals surface area contributed by atoms with Gasteiger partial charge in [-0.3, -0.25) is 4.79 Å². The molecule has 3 heterocycles. The second-order valence-corrected chi connectivity index (χ2v) is 9.07. The van der Waals surface area contributed by atoms with Crippen LogP contribution in [0.2, 0.25) is 0 Å². The maximum absolute atomic E-state index is 11.4. The van der Waals surface area contributed by atoms with E-state index in [2.05, 4.69) is 5.32 Å². The Morgan fingerprint density at radius 1 is 0.649 bits per heavy atom. The first-order chi connectivity index (χ1) is 17.4. The van der Waals surface area contributed by atoms with Crippen LogP contribution >= 0.6 is 0 Å². The summed E-state index contributed by atoms with van der Waals surface area (Å²) < 4.78 is 26.9. The average molecular weight is 545 g/mol. The fraction of sp³-hybridized carbons (Fsp3) is 0.950. The predicted octanol–water partition coefficient (Wildman–Crippen LogP) is -7.43. The van der Waals surface area contributed by atoms with Gasteiger partial charge in [-0.15, -0.1) is 0 Å². The summed E-state index contributed by atoms with van der Waals surface area (Å²) in [6.07, 6.45) is -23.2. The zero-order chi connectivity index (χ0) is 27.6. The molecule has 0 unspecified atom stereocenters. The van der Waals surface area contributed by atoms with Gasteiger partial charge in [-0.05, 0) is 0 Å². The van der Waals surface area contributed by atoms with E-state index in [0.29, 0.717) is 0 Å². The fourth-order valence-electron chi connectivity index (χ4n) is 4.46. The van der Waals surface area contributed by atoms with Crippen molar-refractivity contribution in [3.63, 3.8) is 0 Å². The fourth-order valence-corrected chi connectivity index (χ4v) is 4.46. The van der Waals surface area contributed by atoms with E-state index in [0.717, 1.165) is 6.92 Å². The Morgan fingerprint density at radius 3 is 1.62 bits per heavy atom. The van der Waals surface area contributed by atoms with E-state index < -0.39 is 118 Å². The summed E-state index contributed by atoms with van der Waals surface area (Å²) in [4.78, 5) is 11.4. The second kappa shape index (κ2) is 12.8. The molecule has 3 aliphatic rings. The summed E-state index contributed by atoms with van der Waals surface area (Å²) in [5.74, 6) is -0.620. The lowest BCUT2D eigenvalue weighted by Crippen LogP contribution is -2.68. The Labute approximate surface area is 210 Å². The number of ether oxygens (including phenoxy) is 5. The molecule has 0 saturated carbocycles. The number of carbonyl (C=O) groups is 1. The maximum atomic E-state index is 11.4. The van der Waals surface area contributed by atoms with Crippen LogP contribution in [0.1, 0.15) is 6.92 Å². The zero-order valence-electron chi connectivity index (χ0n) is 19.7. The molecule has 3 fully saturated rings. The minimum Gasteiger partial charge on any atom is -0.394 e. The number of rotatable bonds is 8. The maximum Gasteiger partial charge on any atom is 0.217 e. The quantitative estimate of drug-likeness (QED) is 0.135. The number of nitrogens with one attached hydrogen (secondary N) is 1. The minimum atomic E-state index is -1.92. The third-order valence-electron chi connectivity index (χ3n) is 6.49. The molecule has 1 amide bonds. The van der Waals surface area contributed by atoms with Crippen LogP contribution in [0.4, 0.5) is 0 Å². The van der Waals surface area contributed by atoms with Crippen molar-refractivity contribution in [3.8, 4) is 0 Å². The SMILES string of the molecule is CC(=O)N[C@@H]1[C@@H](O)[C@H](O[C@@H]2O[C@H](CO)[C@H](O[C@H]3O[C@H](CO)[C@H](O)[C@H](O)[C@H]3O)[C@H](O)[C@H]2O)[C@@H](CO)O[C@@H]1O. The Bertz CT molecular complexity index is 743. The van der Waals surface area contributed by atoms with E-state index in [4.69, 9.17) is 23.7 Å². The van der Waals surface area contributed by atoms with E-state index in [9.17, 15) is 55.9 Å². The molecule has 216 valence electrons. The van der Waals surface area contributed by atoms with Crippen LogP contribution in [0, 0.1) is 0 Å². The van der Waals surface area contributed by atoms with Crippen LogP contribution in [0.3, 0.4) is 0 Å². The molecule has 17 heteroatoms. The third-order valence-corrected chi connectivity index (χ3v) is 6.49. The summed E-state index contributed by atoms with van der Waals surface area (Å²) in [6.45, 7) is -1.21. The van der Waals surface area contributed by atoms with Crippen molar-refractivity contribution >= 4 is 5.91 Å². The van der Waals surface area contributed by atoms with E-state index in [1.54, 1.807) is 0 Å². The summed E-state index contributed by atoms with van der Waals surface area (Å²) in [7, 11) is 0. The van der Waals surface area contributed by atoms with Crippen molar-refractivity contribution in [3.05, 3.63) is 0 Å². The Morgan fingerprint density at radius 2 is 1.11 bits per heavy atom. The molecule has 0 radical (unpaired) electrons. The number of carbonyl (C=O) groups excluding carboxylic acids is 1. The van der Waals surface area contributed by atoms with Gasteiger partial charge in [0.1, 0.15) is 73.2 Å². The van der Waals surface area contributed by atoms with Gasteiger partial charge in [0.05, 0.1) is 19.8 Å². The molecule has 15 atom stereocenters. The lowest BCUT2D eigenvalue weighted by atomic mass is 9.95. The van der Waals surface area contributed by atoms with Gasteiger partial charge in [0, 0.05) is 6.92 Å². The summed E-state index contributed by atoms with van der Waals surface area (Å²) in [6, 6.07) is -1.38. The summed E-state index contributed by atoms with van der Waals surface area (Å²) in [5, 5.41) is 103.